The molecule has 0 aliphatic rings. The van der Waals surface area contributed by atoms with Crippen molar-refractivity contribution < 1.29 is 14.3 Å². The molecule has 2 rings (SSSR count). The molecule has 8 heteroatoms. The van der Waals surface area contributed by atoms with Gasteiger partial charge < -0.3 is 15.4 Å². The summed E-state index contributed by atoms with van der Waals surface area (Å²) < 4.78 is 5.13. The first-order chi connectivity index (χ1) is 11.4. The summed E-state index contributed by atoms with van der Waals surface area (Å²) in [5, 5.41) is 5.00. The largest absolute Gasteiger partial charge is 0.497 e. The molecule has 1 heterocycles. The number of amides is 3. The summed E-state index contributed by atoms with van der Waals surface area (Å²) in [6.45, 7) is 0. The van der Waals surface area contributed by atoms with E-state index < -0.39 is 5.91 Å². The first-order valence-electron chi connectivity index (χ1n) is 7.07. The van der Waals surface area contributed by atoms with Gasteiger partial charge in [-0.05, 0) is 17.7 Å². The molecule has 1 aromatic carbocycles. The number of nitrogens with one attached hydrogen (secondary N) is 1. The predicted octanol–water partition coefficient (Wildman–Crippen LogP) is 3.24. The van der Waals surface area contributed by atoms with Gasteiger partial charge in [-0.2, -0.15) is 0 Å². The highest BCUT2D eigenvalue weighted by Gasteiger charge is 2.19. The van der Waals surface area contributed by atoms with Gasteiger partial charge in [-0.15, -0.1) is 23.1 Å². The Bertz CT molecular complexity index is 727. The Kier molecular flexibility index (Phi) is 6.10. The third-order valence-corrected chi connectivity index (χ3v) is 5.34. The Balaban J connectivity index is 2.13. The number of thiophene rings is 1. The van der Waals surface area contributed by atoms with Gasteiger partial charge in [0, 0.05) is 30.1 Å². The number of benzene rings is 1. The molecule has 0 aliphatic carbocycles. The van der Waals surface area contributed by atoms with Crippen LogP contribution in [0.2, 0.25) is 0 Å². The van der Waals surface area contributed by atoms with Crippen molar-refractivity contribution in [2.24, 2.45) is 5.73 Å². The number of rotatable bonds is 6. The monoisotopic (exact) mass is 365 g/mol. The summed E-state index contributed by atoms with van der Waals surface area (Å²) in [4.78, 5) is 25.7. The summed E-state index contributed by atoms with van der Waals surface area (Å²) in [6.07, 6.45) is 0. The van der Waals surface area contributed by atoms with Gasteiger partial charge in [0.05, 0.1) is 12.7 Å². The minimum absolute atomic E-state index is 0.300. The minimum atomic E-state index is -0.553. The maximum Gasteiger partial charge on any atom is 0.321 e. The van der Waals surface area contributed by atoms with Crippen molar-refractivity contribution in [3.8, 4) is 5.75 Å². The van der Waals surface area contributed by atoms with E-state index in [1.165, 1.54) is 28.0 Å². The molecule has 0 atom stereocenters. The molecular weight excluding hydrogens is 346 g/mol. The Morgan fingerprint density at radius 2 is 1.96 bits per heavy atom. The van der Waals surface area contributed by atoms with E-state index in [0.717, 1.165) is 16.2 Å². The van der Waals surface area contributed by atoms with Gasteiger partial charge in [-0.3, -0.25) is 10.1 Å². The molecule has 24 heavy (non-hydrogen) atoms. The second kappa shape index (κ2) is 8.07. The summed E-state index contributed by atoms with van der Waals surface area (Å²) in [6, 6.07) is 7.42. The lowest BCUT2D eigenvalue weighted by Crippen LogP contribution is -2.28. The van der Waals surface area contributed by atoms with Crippen LogP contribution in [-0.2, 0) is 5.75 Å². The van der Waals surface area contributed by atoms with Gasteiger partial charge in [0.2, 0.25) is 0 Å². The van der Waals surface area contributed by atoms with Crippen molar-refractivity contribution in [3.05, 3.63) is 40.8 Å². The van der Waals surface area contributed by atoms with E-state index in [2.05, 4.69) is 5.32 Å². The fourth-order valence-electron chi connectivity index (χ4n) is 1.87. The number of hydrogen-bond acceptors (Lipinski definition) is 5. The maximum atomic E-state index is 11.8. The lowest BCUT2D eigenvalue weighted by Gasteiger charge is -2.11. The average molecular weight is 365 g/mol. The van der Waals surface area contributed by atoms with Crippen molar-refractivity contribution >= 4 is 40.0 Å². The van der Waals surface area contributed by atoms with Crippen molar-refractivity contribution in [1.82, 2.24) is 4.90 Å². The SMILES string of the molecule is COc1ccc(CSc2csc(NC(=O)N(C)C)c2C(N)=O)cc1. The molecule has 128 valence electrons. The molecule has 6 nitrogen and oxygen atoms in total. The number of urea groups is 1. The highest BCUT2D eigenvalue weighted by atomic mass is 32.2. The van der Waals surface area contributed by atoms with Crippen LogP contribution in [0.4, 0.5) is 9.80 Å². The fourth-order valence-corrected chi connectivity index (χ4v) is 4.03. The van der Waals surface area contributed by atoms with Gasteiger partial charge >= 0.3 is 6.03 Å². The van der Waals surface area contributed by atoms with Crippen LogP contribution in [0.1, 0.15) is 15.9 Å². The molecule has 0 aliphatic heterocycles. The van der Waals surface area contributed by atoms with Crippen molar-refractivity contribution in [2.75, 3.05) is 26.5 Å². The van der Waals surface area contributed by atoms with Crippen LogP contribution < -0.4 is 15.8 Å². The quantitative estimate of drug-likeness (QED) is 0.770. The number of carbonyl (C=O) groups excluding carboxylic acids is 2. The van der Waals surface area contributed by atoms with Crippen LogP contribution in [0.15, 0.2) is 34.5 Å². The number of nitrogens with two attached hydrogens (primary N) is 1. The molecule has 0 bridgehead atoms. The molecule has 0 radical (unpaired) electrons. The smallest absolute Gasteiger partial charge is 0.321 e. The number of hydrogen-bond donors (Lipinski definition) is 2. The molecule has 3 N–H and O–H groups in total. The molecular formula is C16H19N3O3S2. The van der Waals surface area contributed by atoms with Crippen molar-refractivity contribution in [3.63, 3.8) is 0 Å². The Morgan fingerprint density at radius 1 is 1.29 bits per heavy atom. The molecule has 0 fully saturated rings. The Labute approximate surface area is 149 Å². The van der Waals surface area contributed by atoms with Crippen LogP contribution in [-0.4, -0.2) is 38.0 Å². The maximum absolute atomic E-state index is 11.8. The minimum Gasteiger partial charge on any atom is -0.497 e. The van der Waals surface area contributed by atoms with Crippen LogP contribution in [0.3, 0.4) is 0 Å². The highest BCUT2D eigenvalue weighted by Crippen LogP contribution is 2.36. The van der Waals surface area contributed by atoms with Crippen LogP contribution in [0.5, 0.6) is 5.75 Å². The van der Waals surface area contributed by atoms with Gasteiger partial charge in [0.25, 0.3) is 5.91 Å². The number of primary amides is 1. The first kappa shape index (κ1) is 18.2. The summed E-state index contributed by atoms with van der Waals surface area (Å²) in [5.74, 6) is 0.926. The average Bonchev–Trinajstić information content (AvgIpc) is 2.96. The van der Waals surface area contributed by atoms with E-state index in [1.807, 2.05) is 29.6 Å². The summed E-state index contributed by atoms with van der Waals surface area (Å²) >= 11 is 2.79. The number of anilines is 1. The summed E-state index contributed by atoms with van der Waals surface area (Å²) in [7, 11) is 4.89. The van der Waals surface area contributed by atoms with Gasteiger partial charge in [0.15, 0.2) is 0 Å². The van der Waals surface area contributed by atoms with E-state index in [4.69, 9.17) is 10.5 Å². The van der Waals surface area contributed by atoms with E-state index in [1.54, 1.807) is 21.2 Å². The molecule has 3 amide bonds. The van der Waals surface area contributed by atoms with Crippen molar-refractivity contribution in [1.29, 1.82) is 0 Å². The second-order valence-corrected chi connectivity index (χ2v) is 7.03. The highest BCUT2D eigenvalue weighted by molar-refractivity contribution is 7.98. The molecule has 0 unspecified atom stereocenters. The molecule has 1 aromatic heterocycles. The lowest BCUT2D eigenvalue weighted by molar-refractivity contribution is 0.0999. The zero-order valence-electron chi connectivity index (χ0n) is 13.7. The third kappa shape index (κ3) is 4.42. The van der Waals surface area contributed by atoms with E-state index >= 15 is 0 Å². The third-order valence-electron chi connectivity index (χ3n) is 3.18. The number of methoxy groups -OCH3 is 1. The number of ether oxygens (including phenoxy) is 1. The van der Waals surface area contributed by atoms with Gasteiger partial charge in [-0.25, -0.2) is 4.79 Å². The standard InChI is InChI=1S/C16H19N3O3S2/c1-19(2)16(21)18-15-13(14(17)20)12(9-24-15)23-8-10-4-6-11(22-3)7-5-10/h4-7,9H,8H2,1-3H3,(H2,17,20)(H,18,21). The first-order valence-corrected chi connectivity index (χ1v) is 8.94. The van der Waals surface area contributed by atoms with Crippen molar-refractivity contribution in [2.45, 2.75) is 10.6 Å². The molecule has 0 saturated carbocycles. The summed E-state index contributed by atoms with van der Waals surface area (Å²) in [5.41, 5.74) is 6.95. The number of thioether (sulfide) groups is 1. The topological polar surface area (TPSA) is 84.7 Å². The second-order valence-electron chi connectivity index (χ2n) is 5.13. The van der Waals surface area contributed by atoms with E-state index in [-0.39, 0.29) is 6.03 Å². The molecule has 0 saturated heterocycles. The predicted molar refractivity (Wildman–Crippen MR) is 98.1 cm³/mol. The van der Waals surface area contributed by atoms with Crippen LogP contribution >= 0.6 is 23.1 Å². The number of nitrogens with zero attached hydrogens (tertiary/aromatic N) is 1. The Hall–Kier alpha value is -2.19. The fraction of sp³-hybridized carbons (Fsp3) is 0.250. The zero-order valence-corrected chi connectivity index (χ0v) is 15.3. The number of carbonyl (C=O) groups is 2. The van der Waals surface area contributed by atoms with Gasteiger partial charge in [0.1, 0.15) is 10.8 Å². The normalized spacial score (nSPS) is 10.3. The lowest BCUT2D eigenvalue weighted by atomic mass is 10.2. The molecule has 0 spiro atoms. The van der Waals surface area contributed by atoms with Crippen LogP contribution in [0, 0.1) is 0 Å². The van der Waals surface area contributed by atoms with Crippen LogP contribution in [0.25, 0.3) is 0 Å². The van der Waals surface area contributed by atoms with E-state index in [0.29, 0.717) is 16.3 Å². The van der Waals surface area contributed by atoms with E-state index in [9.17, 15) is 9.59 Å². The molecule has 2 aromatic rings. The Morgan fingerprint density at radius 3 is 2.50 bits per heavy atom. The van der Waals surface area contributed by atoms with Gasteiger partial charge in [-0.1, -0.05) is 12.1 Å². The zero-order chi connectivity index (χ0) is 17.7.